The number of ether oxygens (including phenoxy) is 1. The minimum atomic E-state index is -0.133. The van der Waals surface area contributed by atoms with E-state index in [1.165, 1.54) is 0 Å². The van der Waals surface area contributed by atoms with Gasteiger partial charge in [0.25, 0.3) is 0 Å². The van der Waals surface area contributed by atoms with E-state index in [2.05, 4.69) is 10.5 Å². The highest BCUT2D eigenvalue weighted by atomic mass is 16.7. The Bertz CT molecular complexity index is 507. The van der Waals surface area contributed by atoms with E-state index in [0.29, 0.717) is 5.75 Å². The first-order chi connectivity index (χ1) is 9.22. The Morgan fingerprint density at radius 2 is 2.16 bits per heavy atom. The summed E-state index contributed by atoms with van der Waals surface area (Å²) in [6.07, 6.45) is 2.78. The van der Waals surface area contributed by atoms with Crippen molar-refractivity contribution in [2.75, 3.05) is 20.2 Å². The van der Waals surface area contributed by atoms with E-state index in [4.69, 9.17) is 9.57 Å². The third-order valence-electron chi connectivity index (χ3n) is 3.87. The minimum Gasteiger partial charge on any atom is -0.504 e. The highest BCUT2D eigenvalue weighted by Crippen LogP contribution is 2.35. The van der Waals surface area contributed by atoms with Crippen molar-refractivity contribution in [1.29, 1.82) is 0 Å². The summed E-state index contributed by atoms with van der Waals surface area (Å²) in [5.41, 5.74) is 1.75. The van der Waals surface area contributed by atoms with Gasteiger partial charge >= 0.3 is 0 Å². The van der Waals surface area contributed by atoms with E-state index in [9.17, 15) is 5.11 Å². The summed E-state index contributed by atoms with van der Waals surface area (Å²) in [6.45, 7) is 1.95. The van der Waals surface area contributed by atoms with E-state index in [1.54, 1.807) is 19.2 Å². The molecule has 2 heterocycles. The molecule has 1 spiro atoms. The molecule has 2 aliphatic heterocycles. The second-order valence-corrected chi connectivity index (χ2v) is 5.13. The van der Waals surface area contributed by atoms with E-state index in [1.807, 2.05) is 6.07 Å². The van der Waals surface area contributed by atoms with Crippen LogP contribution >= 0.6 is 0 Å². The van der Waals surface area contributed by atoms with Crippen LogP contribution in [-0.4, -0.2) is 36.6 Å². The number of oxime groups is 1. The van der Waals surface area contributed by atoms with Gasteiger partial charge in [-0.15, -0.1) is 0 Å². The second-order valence-electron chi connectivity index (χ2n) is 5.13. The zero-order valence-electron chi connectivity index (χ0n) is 11.0. The number of methoxy groups -OCH3 is 1. The zero-order chi connectivity index (χ0) is 13.3. The van der Waals surface area contributed by atoms with Gasteiger partial charge in [0.15, 0.2) is 11.5 Å². The van der Waals surface area contributed by atoms with Crippen LogP contribution in [0.2, 0.25) is 0 Å². The fraction of sp³-hybridized carbons (Fsp3) is 0.500. The molecule has 19 heavy (non-hydrogen) atoms. The van der Waals surface area contributed by atoms with Crippen molar-refractivity contribution in [1.82, 2.24) is 5.32 Å². The Balaban J connectivity index is 1.80. The van der Waals surface area contributed by atoms with Crippen molar-refractivity contribution in [3.63, 3.8) is 0 Å². The molecular weight excluding hydrogens is 244 g/mol. The second kappa shape index (κ2) is 4.74. The first-order valence-electron chi connectivity index (χ1n) is 6.56. The first kappa shape index (κ1) is 12.3. The van der Waals surface area contributed by atoms with Gasteiger partial charge in [-0.05, 0) is 31.3 Å². The number of hydrogen-bond acceptors (Lipinski definition) is 5. The molecule has 0 aliphatic carbocycles. The average molecular weight is 262 g/mol. The van der Waals surface area contributed by atoms with Crippen LogP contribution in [0.4, 0.5) is 0 Å². The number of aromatic hydroxyl groups is 1. The molecule has 0 aromatic heterocycles. The molecule has 102 valence electrons. The van der Waals surface area contributed by atoms with E-state index in [-0.39, 0.29) is 11.4 Å². The van der Waals surface area contributed by atoms with Gasteiger partial charge in [-0.2, -0.15) is 0 Å². The summed E-state index contributed by atoms with van der Waals surface area (Å²) in [5, 5.41) is 17.2. The van der Waals surface area contributed by atoms with Gasteiger partial charge in [0, 0.05) is 24.8 Å². The SMILES string of the molecule is COc1cc(C2=NOC3(CCNCC3)C2)ccc1O. The lowest BCUT2D eigenvalue weighted by atomic mass is 9.86. The largest absolute Gasteiger partial charge is 0.504 e. The van der Waals surface area contributed by atoms with Gasteiger partial charge in [0.2, 0.25) is 0 Å². The number of benzene rings is 1. The Morgan fingerprint density at radius 3 is 2.89 bits per heavy atom. The van der Waals surface area contributed by atoms with Crippen molar-refractivity contribution in [2.45, 2.75) is 24.9 Å². The summed E-state index contributed by atoms with van der Waals surface area (Å²) < 4.78 is 5.13. The smallest absolute Gasteiger partial charge is 0.161 e. The highest BCUT2D eigenvalue weighted by Gasteiger charge is 2.40. The predicted molar refractivity (Wildman–Crippen MR) is 71.7 cm³/mol. The third-order valence-corrected chi connectivity index (χ3v) is 3.87. The number of piperidine rings is 1. The molecule has 5 heteroatoms. The quantitative estimate of drug-likeness (QED) is 0.850. The van der Waals surface area contributed by atoms with Gasteiger partial charge in [-0.3, -0.25) is 0 Å². The molecule has 0 unspecified atom stereocenters. The number of phenols is 1. The summed E-state index contributed by atoms with van der Waals surface area (Å²) in [4.78, 5) is 5.70. The van der Waals surface area contributed by atoms with Crippen molar-refractivity contribution < 1.29 is 14.7 Å². The molecule has 3 rings (SSSR count). The number of nitrogens with one attached hydrogen (secondary N) is 1. The molecule has 2 aliphatic rings. The number of rotatable bonds is 2. The van der Waals surface area contributed by atoms with Gasteiger partial charge in [0.1, 0.15) is 5.60 Å². The standard InChI is InChI=1S/C14H18N2O3/c1-18-13-8-10(2-3-12(13)17)11-9-14(19-16-11)4-6-15-7-5-14/h2-3,8,15,17H,4-7,9H2,1H3. The zero-order valence-corrected chi connectivity index (χ0v) is 11.0. The maximum Gasteiger partial charge on any atom is 0.161 e. The van der Waals surface area contributed by atoms with Crippen molar-refractivity contribution >= 4 is 5.71 Å². The molecule has 0 saturated carbocycles. The summed E-state index contributed by atoms with van der Waals surface area (Å²) in [6, 6.07) is 5.28. The van der Waals surface area contributed by atoms with Crippen LogP contribution in [0.3, 0.4) is 0 Å². The van der Waals surface area contributed by atoms with E-state index >= 15 is 0 Å². The number of phenolic OH excluding ortho intramolecular Hbond substituents is 1. The van der Waals surface area contributed by atoms with Gasteiger partial charge in [-0.1, -0.05) is 5.16 Å². The lowest BCUT2D eigenvalue weighted by Crippen LogP contribution is -2.42. The molecule has 1 saturated heterocycles. The van der Waals surface area contributed by atoms with Gasteiger partial charge in [0.05, 0.1) is 12.8 Å². The Morgan fingerprint density at radius 1 is 1.37 bits per heavy atom. The van der Waals surface area contributed by atoms with E-state index < -0.39 is 0 Å². The molecule has 1 fully saturated rings. The summed E-state index contributed by atoms with van der Waals surface area (Å²) >= 11 is 0. The fourth-order valence-corrected chi connectivity index (χ4v) is 2.68. The number of nitrogens with zero attached hydrogens (tertiary/aromatic N) is 1. The molecular formula is C14H18N2O3. The van der Waals surface area contributed by atoms with Crippen LogP contribution in [0.15, 0.2) is 23.4 Å². The normalized spacial score (nSPS) is 21.0. The van der Waals surface area contributed by atoms with Crippen molar-refractivity contribution in [3.05, 3.63) is 23.8 Å². The Kier molecular flexibility index (Phi) is 3.06. The van der Waals surface area contributed by atoms with Crippen LogP contribution < -0.4 is 10.1 Å². The van der Waals surface area contributed by atoms with Crippen LogP contribution in [0.5, 0.6) is 11.5 Å². The molecule has 0 radical (unpaired) electrons. The van der Waals surface area contributed by atoms with Crippen LogP contribution in [0.1, 0.15) is 24.8 Å². The Hall–Kier alpha value is -1.75. The molecule has 5 nitrogen and oxygen atoms in total. The van der Waals surface area contributed by atoms with Crippen molar-refractivity contribution in [3.8, 4) is 11.5 Å². The average Bonchev–Trinajstić information content (AvgIpc) is 2.84. The molecule has 2 N–H and O–H groups in total. The lowest BCUT2D eigenvalue weighted by Gasteiger charge is -2.30. The third kappa shape index (κ3) is 2.26. The van der Waals surface area contributed by atoms with Gasteiger partial charge in [-0.25, -0.2) is 0 Å². The maximum absolute atomic E-state index is 9.62. The first-order valence-corrected chi connectivity index (χ1v) is 6.56. The van der Waals surface area contributed by atoms with Gasteiger partial charge < -0.3 is 20.0 Å². The number of hydrogen-bond donors (Lipinski definition) is 2. The van der Waals surface area contributed by atoms with Crippen LogP contribution in [-0.2, 0) is 4.84 Å². The molecule has 0 bridgehead atoms. The van der Waals surface area contributed by atoms with Crippen LogP contribution in [0.25, 0.3) is 0 Å². The topological polar surface area (TPSA) is 63.1 Å². The predicted octanol–water partition coefficient (Wildman–Crippen LogP) is 1.65. The summed E-state index contributed by atoms with van der Waals surface area (Å²) in [7, 11) is 1.54. The molecule has 0 atom stereocenters. The monoisotopic (exact) mass is 262 g/mol. The lowest BCUT2D eigenvalue weighted by molar-refractivity contribution is -0.0400. The highest BCUT2D eigenvalue weighted by molar-refractivity contribution is 6.02. The van der Waals surface area contributed by atoms with Crippen LogP contribution in [0, 0.1) is 0 Å². The van der Waals surface area contributed by atoms with E-state index in [0.717, 1.165) is 43.6 Å². The maximum atomic E-state index is 9.62. The minimum absolute atomic E-state index is 0.133. The summed E-state index contributed by atoms with van der Waals surface area (Å²) in [5.74, 6) is 0.605. The Labute approximate surface area is 112 Å². The molecule has 1 aromatic carbocycles. The molecule has 1 aromatic rings. The van der Waals surface area contributed by atoms with Crippen molar-refractivity contribution in [2.24, 2.45) is 5.16 Å². The molecule has 0 amide bonds. The fourth-order valence-electron chi connectivity index (χ4n) is 2.68.